The van der Waals surface area contributed by atoms with Gasteiger partial charge in [-0.2, -0.15) is 0 Å². The van der Waals surface area contributed by atoms with Crippen LogP contribution in [0.3, 0.4) is 0 Å². The lowest BCUT2D eigenvalue weighted by Crippen LogP contribution is -2.30. The molecule has 2 aliphatic rings. The van der Waals surface area contributed by atoms with Crippen molar-refractivity contribution >= 4 is 66.1 Å². The maximum atomic E-state index is 7.20. The van der Waals surface area contributed by atoms with E-state index in [0.717, 1.165) is 57.2 Å². The van der Waals surface area contributed by atoms with E-state index in [9.17, 15) is 0 Å². The first-order valence-electron chi connectivity index (χ1n) is 20.6. The normalized spacial score (nSPS) is 15.9. The predicted octanol–water partition coefficient (Wildman–Crippen LogP) is 15.5. The molecule has 1 heterocycles. The zero-order valence-corrected chi connectivity index (χ0v) is 32.5. The quantitative estimate of drug-likeness (QED) is 0.157. The van der Waals surface area contributed by atoms with Crippen LogP contribution in [0.25, 0.3) is 60.2 Å². The minimum atomic E-state index is -0.478. The Balaban J connectivity index is 1.12. The van der Waals surface area contributed by atoms with Gasteiger partial charge in [-0.25, -0.2) is 0 Å². The highest BCUT2D eigenvalue weighted by Crippen LogP contribution is 2.57. The lowest BCUT2D eigenvalue weighted by Gasteiger charge is -2.36. The Bertz CT molecular complexity index is 3320. The minimum Gasteiger partial charge on any atom is -0.453 e. The molecule has 278 valence electrons. The Morgan fingerprint density at radius 2 is 1.15 bits per heavy atom. The van der Waals surface area contributed by atoms with Crippen LogP contribution in [0, 0.1) is 0 Å². The van der Waals surface area contributed by atoms with Gasteiger partial charge < -0.3 is 9.32 Å². The van der Waals surface area contributed by atoms with Gasteiger partial charge in [-0.3, -0.25) is 0 Å². The Morgan fingerprint density at radius 1 is 0.475 bits per heavy atom. The highest BCUT2D eigenvalue weighted by molar-refractivity contribution is 6.24. The van der Waals surface area contributed by atoms with Gasteiger partial charge in [0.05, 0.1) is 11.1 Å². The molecule has 12 rings (SSSR count). The summed E-state index contributed by atoms with van der Waals surface area (Å²) in [5.74, 6) is 0. The van der Waals surface area contributed by atoms with E-state index in [1.165, 1.54) is 60.7 Å². The Kier molecular flexibility index (Phi) is 7.61. The lowest BCUT2D eigenvalue weighted by atomic mass is 9.66. The van der Waals surface area contributed by atoms with Gasteiger partial charge in [0.15, 0.2) is 5.58 Å². The number of allylic oxidation sites excluding steroid dienone is 4. The van der Waals surface area contributed by atoms with E-state index >= 15 is 0 Å². The smallest absolute Gasteiger partial charge is 0.159 e. The van der Waals surface area contributed by atoms with Gasteiger partial charge in [-0.1, -0.05) is 176 Å². The topological polar surface area (TPSA) is 16.4 Å². The van der Waals surface area contributed by atoms with Crippen LogP contribution < -0.4 is 4.90 Å². The van der Waals surface area contributed by atoms with Gasteiger partial charge in [0, 0.05) is 27.5 Å². The summed E-state index contributed by atoms with van der Waals surface area (Å²) in [4.78, 5) is 2.40. The second kappa shape index (κ2) is 13.3. The van der Waals surface area contributed by atoms with Crippen molar-refractivity contribution in [2.75, 3.05) is 4.90 Å². The first-order chi connectivity index (χ1) is 29.3. The molecule has 0 bridgehead atoms. The molecule has 0 N–H and O–H groups in total. The fourth-order valence-electron chi connectivity index (χ4n) is 10.2. The predicted molar refractivity (Wildman–Crippen MR) is 247 cm³/mol. The first kappa shape index (κ1) is 33.7. The summed E-state index contributed by atoms with van der Waals surface area (Å²) >= 11 is 0. The van der Waals surface area contributed by atoms with Crippen LogP contribution in [0.15, 0.2) is 222 Å². The average Bonchev–Trinajstić information content (AvgIpc) is 3.85. The van der Waals surface area contributed by atoms with E-state index in [1.54, 1.807) is 0 Å². The summed E-state index contributed by atoms with van der Waals surface area (Å²) in [5.41, 5.74) is 14.9. The van der Waals surface area contributed by atoms with E-state index < -0.39 is 5.41 Å². The molecule has 2 aliphatic carbocycles. The van der Waals surface area contributed by atoms with E-state index in [4.69, 9.17) is 4.42 Å². The molecule has 0 radical (unpaired) electrons. The molecule has 1 unspecified atom stereocenters. The molecule has 9 aromatic carbocycles. The van der Waals surface area contributed by atoms with Crippen molar-refractivity contribution in [3.63, 3.8) is 0 Å². The monoisotopic (exact) mass is 753 g/mol. The van der Waals surface area contributed by atoms with E-state index in [0.29, 0.717) is 0 Å². The SMILES string of the molecule is C1=CC2=C(CC1)c1ccccc1C2(c1ccccc1)c1cccc(N(c2ccc(-c3ccccc3)cc2)c2cccc3c2oc2c3ccc3ccc4ccccc4c32)c1. The molecule has 2 nitrogen and oxygen atoms in total. The number of nitrogens with zero attached hydrogens (tertiary/aromatic N) is 1. The molecule has 1 atom stereocenters. The Labute approximate surface area is 343 Å². The number of benzene rings is 9. The van der Waals surface area contributed by atoms with Crippen molar-refractivity contribution in [3.8, 4) is 11.1 Å². The van der Waals surface area contributed by atoms with Gasteiger partial charge in [0.2, 0.25) is 0 Å². The number of anilines is 3. The van der Waals surface area contributed by atoms with Crippen LogP contribution in [0.2, 0.25) is 0 Å². The largest absolute Gasteiger partial charge is 0.453 e. The van der Waals surface area contributed by atoms with Crippen molar-refractivity contribution in [1.29, 1.82) is 0 Å². The number of rotatable bonds is 6. The molecule has 59 heavy (non-hydrogen) atoms. The number of furan rings is 1. The Morgan fingerprint density at radius 3 is 2.03 bits per heavy atom. The van der Waals surface area contributed by atoms with E-state index in [-0.39, 0.29) is 0 Å². The van der Waals surface area contributed by atoms with Crippen LogP contribution in [0.4, 0.5) is 17.1 Å². The van der Waals surface area contributed by atoms with Crippen molar-refractivity contribution in [2.24, 2.45) is 0 Å². The summed E-state index contributed by atoms with van der Waals surface area (Å²) in [6, 6.07) is 73.2. The van der Waals surface area contributed by atoms with Gasteiger partial charge in [-0.05, 0) is 110 Å². The van der Waals surface area contributed by atoms with E-state index in [2.05, 4.69) is 217 Å². The molecule has 0 amide bonds. The maximum absolute atomic E-state index is 7.20. The minimum absolute atomic E-state index is 0.478. The van der Waals surface area contributed by atoms with Gasteiger partial charge >= 0.3 is 0 Å². The highest BCUT2D eigenvalue weighted by Gasteiger charge is 2.47. The van der Waals surface area contributed by atoms with Crippen LogP contribution in [0.1, 0.15) is 35.1 Å². The zero-order valence-electron chi connectivity index (χ0n) is 32.5. The second-order valence-corrected chi connectivity index (χ2v) is 15.9. The summed E-state index contributed by atoms with van der Waals surface area (Å²) < 4.78 is 7.20. The van der Waals surface area contributed by atoms with Gasteiger partial charge in [0.25, 0.3) is 0 Å². The molecule has 1 aromatic heterocycles. The maximum Gasteiger partial charge on any atom is 0.159 e. The van der Waals surface area contributed by atoms with Gasteiger partial charge in [0.1, 0.15) is 5.58 Å². The fraction of sp³-hybridized carbons (Fsp3) is 0.0526. The molecule has 0 saturated heterocycles. The zero-order chi connectivity index (χ0) is 38.9. The molecule has 2 heteroatoms. The molecule has 0 fully saturated rings. The van der Waals surface area contributed by atoms with Crippen LogP contribution in [0.5, 0.6) is 0 Å². The molecule has 0 aliphatic heterocycles. The van der Waals surface area contributed by atoms with Crippen molar-refractivity contribution in [3.05, 3.63) is 240 Å². The highest BCUT2D eigenvalue weighted by atomic mass is 16.3. The van der Waals surface area contributed by atoms with Crippen LogP contribution >= 0.6 is 0 Å². The molecular weight excluding hydrogens is 715 g/mol. The van der Waals surface area contributed by atoms with Crippen molar-refractivity contribution in [2.45, 2.75) is 18.3 Å². The molecule has 0 spiro atoms. The third-order valence-electron chi connectivity index (χ3n) is 12.8. The summed E-state index contributed by atoms with van der Waals surface area (Å²) in [5, 5.41) is 6.95. The molecule has 10 aromatic rings. The second-order valence-electron chi connectivity index (χ2n) is 15.9. The summed E-state index contributed by atoms with van der Waals surface area (Å²) in [7, 11) is 0. The standard InChI is InChI=1S/C57H39NO/c1-3-15-38(16-4-1)39-31-34-44(35-32-39)58(53-28-14-25-49-50-36-33-41-30-29-40-17-7-8-22-46(40)54(41)56(50)59-55(49)53)45-21-13-20-43(37-45)57(42-18-5-2-6-19-42)51-26-11-9-23-47(51)48-24-10-12-27-52(48)57/h1-9,11-23,25-37H,10,24H2. The summed E-state index contributed by atoms with van der Waals surface area (Å²) in [6.45, 7) is 0. The first-order valence-corrected chi connectivity index (χ1v) is 20.6. The molecular formula is C57H39NO. The van der Waals surface area contributed by atoms with Crippen LogP contribution in [-0.4, -0.2) is 0 Å². The average molecular weight is 754 g/mol. The lowest BCUT2D eigenvalue weighted by molar-refractivity contribution is 0.673. The van der Waals surface area contributed by atoms with Crippen LogP contribution in [-0.2, 0) is 5.41 Å². The van der Waals surface area contributed by atoms with E-state index in [1.807, 2.05) is 0 Å². The van der Waals surface area contributed by atoms with Gasteiger partial charge in [-0.15, -0.1) is 0 Å². The number of hydrogen-bond acceptors (Lipinski definition) is 2. The third-order valence-corrected chi connectivity index (χ3v) is 12.8. The van der Waals surface area contributed by atoms with Crippen molar-refractivity contribution < 1.29 is 4.42 Å². The number of hydrogen-bond donors (Lipinski definition) is 0. The number of fused-ring (bicyclic) bond motifs is 9. The number of para-hydroxylation sites is 1. The molecule has 0 saturated carbocycles. The Hall–Kier alpha value is -7.42. The fourth-order valence-corrected chi connectivity index (χ4v) is 10.2. The van der Waals surface area contributed by atoms with Crippen molar-refractivity contribution in [1.82, 2.24) is 0 Å². The summed E-state index contributed by atoms with van der Waals surface area (Å²) in [6.07, 6.45) is 6.86. The third kappa shape index (κ3) is 5.06.